The molecule has 4 amide bonds. The predicted molar refractivity (Wildman–Crippen MR) is 205 cm³/mol. The normalized spacial score (nSPS) is 10.8. The van der Waals surface area contributed by atoms with Crippen molar-refractivity contribution < 1.29 is 28.2 Å². The smallest absolute Gasteiger partial charge is 0.324 e. The zero-order chi connectivity index (χ0) is 38.7. The van der Waals surface area contributed by atoms with Gasteiger partial charge < -0.3 is 24.8 Å². The number of H-pyrrole nitrogens is 1. The molecule has 0 aliphatic carbocycles. The molecule has 0 aliphatic rings. The first kappa shape index (κ1) is 38.5. The van der Waals surface area contributed by atoms with Crippen LogP contribution in [0.1, 0.15) is 37.7 Å². The number of aryl methyl sites for hydroxylation is 1. The summed E-state index contributed by atoms with van der Waals surface area (Å²) in [5.74, 6) is 2.10. The summed E-state index contributed by atoms with van der Waals surface area (Å²) in [5.41, 5.74) is 4.24. The summed E-state index contributed by atoms with van der Waals surface area (Å²) < 4.78 is 31.3. The molecule has 5 N–H and O–H groups in total. The Morgan fingerprint density at radius 3 is 2.17 bits per heavy atom. The Balaban J connectivity index is 0.000000223. The van der Waals surface area contributed by atoms with Crippen molar-refractivity contribution in [3.63, 3.8) is 0 Å². The zero-order valence-corrected chi connectivity index (χ0v) is 30.7. The minimum Gasteiger partial charge on any atom is -0.497 e. The van der Waals surface area contributed by atoms with Crippen LogP contribution in [0.5, 0.6) is 17.2 Å². The molecule has 0 saturated heterocycles. The maximum absolute atomic E-state index is 13.8. The third-order valence-corrected chi connectivity index (χ3v) is 7.64. The Kier molecular flexibility index (Phi) is 12.6. The van der Waals surface area contributed by atoms with E-state index in [9.17, 15) is 14.0 Å². The summed E-state index contributed by atoms with van der Waals surface area (Å²) >= 11 is 0. The second-order valence-corrected chi connectivity index (χ2v) is 12.9. The zero-order valence-electron chi connectivity index (χ0n) is 30.7. The average molecular weight is 736 g/mol. The molecular weight excluding hydrogens is 693 g/mol. The van der Waals surface area contributed by atoms with Gasteiger partial charge >= 0.3 is 12.1 Å². The molecule has 0 radical (unpaired) electrons. The molecule has 3 aromatic carbocycles. The van der Waals surface area contributed by atoms with Gasteiger partial charge in [-0.15, -0.1) is 0 Å². The average Bonchev–Trinajstić information content (AvgIpc) is 3.81. The summed E-state index contributed by atoms with van der Waals surface area (Å²) in [6.07, 6.45) is 3.33. The van der Waals surface area contributed by atoms with Crippen LogP contribution in [0.25, 0.3) is 5.69 Å². The largest absolute Gasteiger partial charge is 0.497 e. The Labute approximate surface area is 312 Å². The lowest BCUT2D eigenvalue weighted by Gasteiger charge is -2.14. The number of hydrogen-bond donors (Lipinski definition) is 5. The van der Waals surface area contributed by atoms with Gasteiger partial charge in [-0.3, -0.25) is 20.7 Å². The number of halogens is 1. The van der Waals surface area contributed by atoms with Crippen LogP contribution in [0.3, 0.4) is 0 Å². The number of aromatic amines is 1. The Hall–Kier alpha value is -6.74. The van der Waals surface area contributed by atoms with Crippen LogP contribution in [0.2, 0.25) is 0 Å². The number of carbonyl (C=O) groups excluding carboxylic acids is 2. The number of carbonyl (C=O) groups is 2. The van der Waals surface area contributed by atoms with Crippen molar-refractivity contribution in [1.29, 1.82) is 0 Å². The van der Waals surface area contributed by atoms with Gasteiger partial charge in [0, 0.05) is 60.1 Å². The van der Waals surface area contributed by atoms with Crippen molar-refractivity contribution in [3.8, 4) is 22.9 Å². The molecule has 6 rings (SSSR count). The number of hydrogen-bond acceptors (Lipinski definition) is 8. The van der Waals surface area contributed by atoms with Crippen molar-refractivity contribution in [2.75, 3.05) is 35.5 Å². The molecule has 6 aromatic rings. The van der Waals surface area contributed by atoms with Crippen LogP contribution in [-0.2, 0) is 16.8 Å². The quantitative estimate of drug-likeness (QED) is 0.0931. The Morgan fingerprint density at radius 2 is 1.52 bits per heavy atom. The summed E-state index contributed by atoms with van der Waals surface area (Å²) in [5, 5.41) is 21.8. The van der Waals surface area contributed by atoms with Crippen molar-refractivity contribution in [2.45, 2.75) is 39.7 Å². The van der Waals surface area contributed by atoms with Crippen molar-refractivity contribution >= 4 is 35.1 Å². The van der Waals surface area contributed by atoms with Crippen LogP contribution >= 0.6 is 0 Å². The molecule has 0 atom stereocenters. The highest BCUT2D eigenvalue weighted by Crippen LogP contribution is 2.25. The number of methoxy groups -OCH3 is 2. The standard InChI is InChI=1S/C24H23N5O3.C15H19FN4O2/c1-17-15-22(11-13-25-17)32-21-9-5-19(6-10-21)27-24(30)28-23-12-14-26-29(23)20-7-3-18(4-8-20)16-31-2;1-15(2,3)12-8-13(20-19-12)18-14(21)17-11-6-5-9(22-4)7-10(11)16/h3-15H,16H2,1-2H3,(H2,27,28,30);5-8H,1-4H3,(H3,17,18,19,20,21). The first-order valence-electron chi connectivity index (χ1n) is 16.8. The monoisotopic (exact) mass is 735 g/mol. The van der Waals surface area contributed by atoms with E-state index in [2.05, 4.69) is 41.5 Å². The van der Waals surface area contributed by atoms with E-state index in [1.54, 1.807) is 72.7 Å². The molecule has 0 aliphatic heterocycles. The second-order valence-electron chi connectivity index (χ2n) is 12.9. The van der Waals surface area contributed by atoms with Crippen molar-refractivity contribution in [2.24, 2.45) is 0 Å². The Bertz CT molecular complexity index is 2160. The van der Waals surface area contributed by atoms with E-state index in [0.29, 0.717) is 41.2 Å². The molecule has 15 heteroatoms. The molecule has 0 unspecified atom stereocenters. The summed E-state index contributed by atoms with van der Waals surface area (Å²) in [4.78, 5) is 28.5. The molecule has 0 spiro atoms. The van der Waals surface area contributed by atoms with Gasteiger partial charge in [-0.05, 0) is 67.1 Å². The second kappa shape index (κ2) is 17.7. The van der Waals surface area contributed by atoms with Gasteiger partial charge in [-0.2, -0.15) is 10.2 Å². The Morgan fingerprint density at radius 1 is 0.796 bits per heavy atom. The number of pyridine rings is 1. The number of ether oxygens (including phenoxy) is 3. The molecule has 0 saturated carbocycles. The van der Waals surface area contributed by atoms with Crippen LogP contribution < -0.4 is 30.7 Å². The van der Waals surface area contributed by atoms with Crippen molar-refractivity contribution in [3.05, 3.63) is 126 Å². The van der Waals surface area contributed by atoms with Gasteiger partial charge in [-0.25, -0.2) is 18.7 Å². The first-order valence-corrected chi connectivity index (χ1v) is 16.8. The fourth-order valence-electron chi connectivity index (χ4n) is 4.87. The fourth-order valence-corrected chi connectivity index (χ4v) is 4.87. The fraction of sp³-hybridized carbons (Fsp3) is 0.205. The number of rotatable bonds is 10. The van der Waals surface area contributed by atoms with Gasteiger partial charge in [0.05, 0.1) is 31.3 Å². The van der Waals surface area contributed by atoms with Crippen molar-refractivity contribution in [1.82, 2.24) is 25.0 Å². The molecule has 3 aromatic heterocycles. The lowest BCUT2D eigenvalue weighted by molar-refractivity contribution is 0.185. The molecule has 0 fully saturated rings. The minimum absolute atomic E-state index is 0.0601. The number of amides is 4. The number of benzene rings is 3. The highest BCUT2D eigenvalue weighted by Gasteiger charge is 2.18. The van der Waals surface area contributed by atoms with E-state index in [4.69, 9.17) is 14.2 Å². The van der Waals surface area contributed by atoms with E-state index < -0.39 is 11.8 Å². The third kappa shape index (κ3) is 10.9. The number of aromatic nitrogens is 5. The predicted octanol–water partition coefficient (Wildman–Crippen LogP) is 8.66. The van der Waals surface area contributed by atoms with Crippen LogP contribution in [0, 0.1) is 12.7 Å². The number of anilines is 4. The molecule has 54 heavy (non-hydrogen) atoms. The van der Waals surface area contributed by atoms with Gasteiger partial charge in [0.1, 0.15) is 28.9 Å². The van der Waals surface area contributed by atoms with E-state index in [0.717, 1.165) is 22.6 Å². The van der Waals surface area contributed by atoms with Crippen LogP contribution in [0.4, 0.5) is 37.0 Å². The molecule has 280 valence electrons. The third-order valence-electron chi connectivity index (χ3n) is 7.64. The molecule has 14 nitrogen and oxygen atoms in total. The van der Waals surface area contributed by atoms with E-state index >= 15 is 0 Å². The molecule has 3 heterocycles. The number of nitrogens with one attached hydrogen (secondary N) is 5. The maximum atomic E-state index is 13.8. The van der Waals surface area contributed by atoms with Gasteiger partial charge in [0.15, 0.2) is 5.82 Å². The van der Waals surface area contributed by atoms with Gasteiger partial charge in [0.2, 0.25) is 0 Å². The van der Waals surface area contributed by atoms with Crippen LogP contribution in [-0.4, -0.2) is 51.2 Å². The topological polar surface area (TPSA) is 169 Å². The highest BCUT2D eigenvalue weighted by atomic mass is 19.1. The first-order chi connectivity index (χ1) is 25.9. The lowest BCUT2D eigenvalue weighted by atomic mass is 9.92. The summed E-state index contributed by atoms with van der Waals surface area (Å²) in [6.45, 7) is 8.52. The summed E-state index contributed by atoms with van der Waals surface area (Å²) in [6, 6.07) is 25.2. The van der Waals surface area contributed by atoms with Gasteiger partial charge in [-0.1, -0.05) is 32.9 Å². The lowest BCUT2D eigenvalue weighted by Crippen LogP contribution is -2.21. The van der Waals surface area contributed by atoms with E-state index in [1.165, 1.54) is 19.2 Å². The number of urea groups is 2. The minimum atomic E-state index is -0.577. The maximum Gasteiger partial charge on any atom is 0.324 e. The number of nitrogens with zero attached hydrogens (tertiary/aromatic N) is 4. The van der Waals surface area contributed by atoms with Gasteiger partial charge in [0.25, 0.3) is 0 Å². The van der Waals surface area contributed by atoms with E-state index in [-0.39, 0.29) is 17.1 Å². The molecular formula is C39H42FN9O5. The highest BCUT2D eigenvalue weighted by molar-refractivity contribution is 6.00. The molecule has 0 bridgehead atoms. The van der Waals surface area contributed by atoms with Crippen LogP contribution in [0.15, 0.2) is 103 Å². The summed E-state index contributed by atoms with van der Waals surface area (Å²) in [7, 11) is 3.10. The van der Waals surface area contributed by atoms with E-state index in [1.807, 2.05) is 58.0 Å². The SMILES string of the molecule is COCc1ccc(-n2nccc2NC(=O)Nc2ccc(Oc3ccnc(C)c3)cc2)cc1.COc1ccc(NC(=O)Nc2cc(C(C)(C)C)[nH]n2)c(F)c1.